The molecule has 2 atom stereocenters. The number of nitrogens with zero attached hydrogens (tertiary/aromatic N) is 5. The molecule has 3 heterocycles. The van der Waals surface area contributed by atoms with E-state index in [0.29, 0.717) is 37.4 Å². The highest BCUT2D eigenvalue weighted by Gasteiger charge is 2.35. The van der Waals surface area contributed by atoms with Gasteiger partial charge < -0.3 is 24.6 Å². The minimum Gasteiger partial charge on any atom is -0.462 e. The average Bonchev–Trinajstić information content (AvgIpc) is 3.34. The van der Waals surface area contributed by atoms with Gasteiger partial charge in [-0.25, -0.2) is 9.18 Å². The predicted molar refractivity (Wildman–Crippen MR) is 138 cm³/mol. The standard InChI is InChI=1S/C24H29BrClFN6O3/c1-24(2,3)36-23(34)33-10-9-32(12-15(33)6-7-28)21-16-11-17(26)18(25)19(27)20(16)30-22(31-21)35-13-14-5-4-8-29-14/h11,14-15,29H,4-6,8-10,12-13H2,1-3H3/t14-,15-/m0/s1. The maximum absolute atomic E-state index is 15.2. The van der Waals surface area contributed by atoms with E-state index in [1.165, 1.54) is 0 Å². The largest absolute Gasteiger partial charge is 0.462 e. The zero-order valence-corrected chi connectivity index (χ0v) is 22.8. The van der Waals surface area contributed by atoms with Crippen molar-refractivity contribution in [2.24, 2.45) is 0 Å². The number of benzene rings is 1. The molecule has 0 unspecified atom stereocenters. The number of hydrogen-bond donors (Lipinski definition) is 1. The Bertz CT molecular complexity index is 1180. The zero-order chi connectivity index (χ0) is 26.0. The fraction of sp³-hybridized carbons (Fsp3) is 0.583. The molecule has 2 aliphatic heterocycles. The first kappa shape index (κ1) is 26.6. The molecular formula is C24H29BrClFN6O3. The number of amides is 1. The monoisotopic (exact) mass is 582 g/mol. The summed E-state index contributed by atoms with van der Waals surface area (Å²) in [4.78, 5) is 25.3. The van der Waals surface area contributed by atoms with Crippen molar-refractivity contribution >= 4 is 50.3 Å². The Hall–Kier alpha value is -2.42. The predicted octanol–water partition coefficient (Wildman–Crippen LogP) is 4.65. The molecule has 1 aromatic heterocycles. The number of hydrogen-bond acceptors (Lipinski definition) is 8. The van der Waals surface area contributed by atoms with Gasteiger partial charge in [-0.15, -0.1) is 0 Å². The van der Waals surface area contributed by atoms with Gasteiger partial charge >= 0.3 is 12.1 Å². The molecule has 1 aromatic carbocycles. The summed E-state index contributed by atoms with van der Waals surface area (Å²) < 4.78 is 26.8. The summed E-state index contributed by atoms with van der Waals surface area (Å²) >= 11 is 9.47. The van der Waals surface area contributed by atoms with Gasteiger partial charge in [-0.2, -0.15) is 15.2 Å². The molecule has 12 heteroatoms. The lowest BCUT2D eigenvalue weighted by atomic mass is 10.1. The van der Waals surface area contributed by atoms with Crippen molar-refractivity contribution in [3.05, 3.63) is 21.4 Å². The van der Waals surface area contributed by atoms with Gasteiger partial charge in [0, 0.05) is 31.1 Å². The smallest absolute Gasteiger partial charge is 0.410 e. The third-order valence-corrected chi connectivity index (χ3v) is 7.40. The van der Waals surface area contributed by atoms with Crippen LogP contribution in [0.3, 0.4) is 0 Å². The van der Waals surface area contributed by atoms with E-state index in [2.05, 4.69) is 37.3 Å². The van der Waals surface area contributed by atoms with Crippen molar-refractivity contribution < 1.29 is 18.7 Å². The maximum Gasteiger partial charge on any atom is 0.410 e. The highest BCUT2D eigenvalue weighted by molar-refractivity contribution is 9.10. The number of carbonyl (C=O) groups excluding carboxylic acids is 1. The molecule has 0 radical (unpaired) electrons. The van der Waals surface area contributed by atoms with Crippen LogP contribution in [0.1, 0.15) is 40.0 Å². The topological polar surface area (TPSA) is 104 Å². The van der Waals surface area contributed by atoms with Crippen LogP contribution in [-0.4, -0.2) is 71.4 Å². The van der Waals surface area contributed by atoms with Gasteiger partial charge in [0.2, 0.25) is 0 Å². The molecule has 2 aliphatic rings. The Balaban J connectivity index is 1.67. The minimum absolute atomic E-state index is 0.0609. The van der Waals surface area contributed by atoms with Crippen molar-refractivity contribution in [1.29, 1.82) is 5.26 Å². The molecule has 36 heavy (non-hydrogen) atoms. The number of ether oxygens (including phenoxy) is 2. The number of rotatable bonds is 5. The second-order valence-corrected chi connectivity index (χ2v) is 11.2. The Morgan fingerprint density at radius 3 is 2.83 bits per heavy atom. The van der Waals surface area contributed by atoms with Crippen molar-refractivity contribution in [2.75, 3.05) is 37.7 Å². The van der Waals surface area contributed by atoms with E-state index < -0.39 is 23.6 Å². The Labute approximate surface area is 223 Å². The highest BCUT2D eigenvalue weighted by Crippen LogP contribution is 2.37. The van der Waals surface area contributed by atoms with Crippen LogP contribution in [0.2, 0.25) is 5.02 Å². The second-order valence-electron chi connectivity index (χ2n) is 9.95. The van der Waals surface area contributed by atoms with Gasteiger partial charge in [0.1, 0.15) is 23.5 Å². The van der Waals surface area contributed by atoms with Crippen LogP contribution >= 0.6 is 27.5 Å². The third kappa shape index (κ3) is 5.93. The molecule has 2 fully saturated rings. The molecule has 194 valence electrons. The molecule has 0 bridgehead atoms. The third-order valence-electron chi connectivity index (χ3n) is 6.10. The summed E-state index contributed by atoms with van der Waals surface area (Å²) in [6, 6.07) is 3.58. The van der Waals surface area contributed by atoms with E-state index in [1.54, 1.807) is 31.7 Å². The van der Waals surface area contributed by atoms with Gasteiger partial charge in [-0.3, -0.25) is 0 Å². The van der Waals surface area contributed by atoms with Crippen LogP contribution in [0.4, 0.5) is 15.0 Å². The van der Waals surface area contributed by atoms with Crippen molar-refractivity contribution in [3.8, 4) is 12.1 Å². The lowest BCUT2D eigenvalue weighted by molar-refractivity contribution is 0.0145. The fourth-order valence-electron chi connectivity index (χ4n) is 4.41. The molecule has 0 saturated carbocycles. The number of carbonyl (C=O) groups is 1. The van der Waals surface area contributed by atoms with E-state index in [0.717, 1.165) is 19.4 Å². The van der Waals surface area contributed by atoms with E-state index in [9.17, 15) is 10.1 Å². The zero-order valence-electron chi connectivity index (χ0n) is 20.5. The minimum atomic E-state index is -0.656. The number of piperazine rings is 1. The second kappa shape index (κ2) is 10.9. The van der Waals surface area contributed by atoms with Gasteiger partial charge in [0.25, 0.3) is 0 Å². The molecule has 9 nitrogen and oxygen atoms in total. The Morgan fingerprint density at radius 2 is 2.17 bits per heavy atom. The SMILES string of the molecule is CC(C)(C)OC(=O)N1CCN(c2nc(OC[C@@H]3CCCN3)nc3c(F)c(Br)c(Cl)cc23)C[C@@H]1CC#N. The van der Waals surface area contributed by atoms with Crippen LogP contribution < -0.4 is 15.0 Å². The number of nitrogens with one attached hydrogen (secondary N) is 1. The van der Waals surface area contributed by atoms with E-state index >= 15 is 4.39 Å². The molecule has 1 amide bonds. The number of aromatic nitrogens is 2. The van der Waals surface area contributed by atoms with Crippen molar-refractivity contribution in [2.45, 2.75) is 57.7 Å². The molecule has 2 saturated heterocycles. The van der Waals surface area contributed by atoms with Gasteiger partial charge in [-0.1, -0.05) is 11.6 Å². The molecule has 0 spiro atoms. The fourth-order valence-corrected chi connectivity index (χ4v) is 4.90. The van der Waals surface area contributed by atoms with Crippen molar-refractivity contribution in [3.63, 3.8) is 0 Å². The van der Waals surface area contributed by atoms with Gasteiger partial charge in [0.15, 0.2) is 5.82 Å². The lowest BCUT2D eigenvalue weighted by Gasteiger charge is -2.41. The summed E-state index contributed by atoms with van der Waals surface area (Å²) in [5.74, 6) is -0.166. The summed E-state index contributed by atoms with van der Waals surface area (Å²) in [5.41, 5.74) is -0.576. The Kier molecular flexibility index (Phi) is 8.07. The van der Waals surface area contributed by atoms with Crippen molar-refractivity contribution in [1.82, 2.24) is 20.2 Å². The van der Waals surface area contributed by atoms with Crippen LogP contribution in [0.25, 0.3) is 10.9 Å². The summed E-state index contributed by atoms with van der Waals surface area (Å²) in [6.07, 6.45) is 1.69. The van der Waals surface area contributed by atoms with Crippen LogP contribution in [0, 0.1) is 17.1 Å². The molecular weight excluding hydrogens is 555 g/mol. The van der Waals surface area contributed by atoms with E-state index in [-0.39, 0.29) is 33.5 Å². The van der Waals surface area contributed by atoms with E-state index in [4.69, 9.17) is 21.1 Å². The highest BCUT2D eigenvalue weighted by atomic mass is 79.9. The summed E-state index contributed by atoms with van der Waals surface area (Å²) in [6.45, 7) is 7.70. The summed E-state index contributed by atoms with van der Waals surface area (Å²) in [7, 11) is 0. The first-order valence-corrected chi connectivity index (χ1v) is 13.1. The molecule has 0 aliphatic carbocycles. The molecule has 2 aromatic rings. The van der Waals surface area contributed by atoms with E-state index in [1.807, 2.05) is 4.90 Å². The molecule has 1 N–H and O–H groups in total. The van der Waals surface area contributed by atoms with Gasteiger partial charge in [0.05, 0.1) is 28.0 Å². The van der Waals surface area contributed by atoms with Crippen LogP contribution in [0.15, 0.2) is 10.5 Å². The average molecular weight is 584 g/mol. The quantitative estimate of drug-likeness (QED) is 0.507. The first-order chi connectivity index (χ1) is 17.1. The summed E-state index contributed by atoms with van der Waals surface area (Å²) in [5, 5.41) is 13.4. The van der Waals surface area contributed by atoms with Gasteiger partial charge in [-0.05, 0) is 62.2 Å². The number of anilines is 1. The van der Waals surface area contributed by atoms with Crippen LogP contribution in [0.5, 0.6) is 6.01 Å². The van der Waals surface area contributed by atoms with Crippen LogP contribution in [-0.2, 0) is 4.74 Å². The Morgan fingerprint density at radius 1 is 1.39 bits per heavy atom. The number of fused-ring (bicyclic) bond motifs is 1. The number of halogens is 3. The lowest BCUT2D eigenvalue weighted by Crippen LogP contribution is -2.56. The first-order valence-electron chi connectivity index (χ1n) is 11.9. The normalized spacial score (nSPS) is 20.5. The number of nitriles is 1. The maximum atomic E-state index is 15.2. The molecule has 4 rings (SSSR count).